The fraction of sp³-hybridized carbons (Fsp3) is 0.231. The van der Waals surface area contributed by atoms with Crippen LogP contribution in [0.15, 0.2) is 42.7 Å². The van der Waals surface area contributed by atoms with Crippen LogP contribution >= 0.6 is 0 Å². The van der Waals surface area contributed by atoms with Crippen LogP contribution in [-0.2, 0) is 4.84 Å². The van der Waals surface area contributed by atoms with Crippen LogP contribution in [0.2, 0.25) is 0 Å². The Balaban J connectivity index is 1.92. The third-order valence-corrected chi connectivity index (χ3v) is 2.99. The minimum absolute atomic E-state index is 0.181. The Morgan fingerprint density at radius 2 is 2.06 bits per heavy atom. The molecule has 0 amide bonds. The molecular weight excluding hydrogens is 228 g/mol. The number of hydrogen-bond donors (Lipinski definition) is 1. The molecule has 3 rings (SSSR count). The highest BCUT2D eigenvalue weighted by atomic mass is 16.7. The molecule has 2 N–H and O–H groups in total. The Morgan fingerprint density at radius 1 is 1.22 bits per heavy atom. The molecule has 0 spiro atoms. The molecule has 5 nitrogen and oxygen atoms in total. The molecule has 1 aromatic carbocycles. The average molecular weight is 242 g/mol. The minimum Gasteiger partial charge on any atom is -0.384 e. The van der Waals surface area contributed by atoms with E-state index in [4.69, 9.17) is 10.6 Å². The van der Waals surface area contributed by atoms with Crippen molar-refractivity contribution < 1.29 is 4.84 Å². The van der Waals surface area contributed by atoms with Crippen LogP contribution in [0.1, 0.15) is 18.0 Å². The van der Waals surface area contributed by atoms with E-state index in [1.165, 1.54) is 11.9 Å². The number of aromatic nitrogens is 2. The van der Waals surface area contributed by atoms with Gasteiger partial charge >= 0.3 is 0 Å². The molecule has 0 saturated carbocycles. The van der Waals surface area contributed by atoms with Crippen molar-refractivity contribution in [3.8, 4) is 0 Å². The number of hydroxylamine groups is 1. The molecule has 1 aliphatic rings. The van der Waals surface area contributed by atoms with E-state index in [0.717, 1.165) is 6.42 Å². The van der Waals surface area contributed by atoms with Gasteiger partial charge in [0, 0.05) is 12.5 Å². The van der Waals surface area contributed by atoms with Crippen molar-refractivity contribution in [1.29, 1.82) is 0 Å². The van der Waals surface area contributed by atoms with Gasteiger partial charge in [-0.25, -0.2) is 15.0 Å². The van der Waals surface area contributed by atoms with E-state index in [-0.39, 0.29) is 6.04 Å². The summed E-state index contributed by atoms with van der Waals surface area (Å²) in [5, 5.41) is 1.81. The first-order valence-corrected chi connectivity index (χ1v) is 5.89. The van der Waals surface area contributed by atoms with Gasteiger partial charge in [-0.3, -0.25) is 4.84 Å². The number of benzene rings is 1. The highest BCUT2D eigenvalue weighted by Gasteiger charge is 2.28. The highest BCUT2D eigenvalue weighted by molar-refractivity contribution is 5.46. The molecule has 1 fully saturated rings. The third-order valence-electron chi connectivity index (χ3n) is 2.99. The summed E-state index contributed by atoms with van der Waals surface area (Å²) in [5.41, 5.74) is 6.89. The number of nitrogens with zero attached hydrogens (tertiary/aromatic N) is 3. The summed E-state index contributed by atoms with van der Waals surface area (Å²) in [6.45, 7) is 0.684. The summed E-state index contributed by atoms with van der Waals surface area (Å²) in [6.07, 6.45) is 2.39. The van der Waals surface area contributed by atoms with E-state index in [9.17, 15) is 0 Å². The molecule has 0 radical (unpaired) electrons. The van der Waals surface area contributed by atoms with Gasteiger partial charge in [0.1, 0.15) is 12.1 Å². The zero-order chi connectivity index (χ0) is 12.4. The predicted octanol–water partition coefficient (Wildman–Crippen LogP) is 1.94. The number of nitrogens with two attached hydrogens (primary N) is 1. The second kappa shape index (κ2) is 4.62. The smallest absolute Gasteiger partial charge is 0.158 e. The van der Waals surface area contributed by atoms with E-state index < -0.39 is 0 Å². The van der Waals surface area contributed by atoms with Gasteiger partial charge in [0.25, 0.3) is 0 Å². The van der Waals surface area contributed by atoms with Gasteiger partial charge in [0.15, 0.2) is 5.82 Å². The molecular formula is C13H14N4O. The van der Waals surface area contributed by atoms with Gasteiger partial charge in [-0.2, -0.15) is 0 Å². The summed E-state index contributed by atoms with van der Waals surface area (Å²) in [4.78, 5) is 13.7. The number of nitrogen functional groups attached to an aromatic ring is 1. The summed E-state index contributed by atoms with van der Waals surface area (Å²) in [6, 6.07) is 12.2. The number of anilines is 2. The van der Waals surface area contributed by atoms with Gasteiger partial charge in [0.2, 0.25) is 0 Å². The van der Waals surface area contributed by atoms with Crippen LogP contribution in [0, 0.1) is 0 Å². The molecule has 92 valence electrons. The van der Waals surface area contributed by atoms with Crippen LogP contribution < -0.4 is 10.8 Å². The molecule has 5 heteroatoms. The average Bonchev–Trinajstić information content (AvgIpc) is 2.89. The molecule has 0 bridgehead atoms. The first-order chi connectivity index (χ1) is 8.84. The van der Waals surface area contributed by atoms with Crippen molar-refractivity contribution in [1.82, 2.24) is 9.97 Å². The van der Waals surface area contributed by atoms with E-state index in [0.29, 0.717) is 18.2 Å². The van der Waals surface area contributed by atoms with Crippen molar-refractivity contribution in [2.45, 2.75) is 12.5 Å². The van der Waals surface area contributed by atoms with E-state index >= 15 is 0 Å². The van der Waals surface area contributed by atoms with Crippen LogP contribution in [0.5, 0.6) is 0 Å². The maximum Gasteiger partial charge on any atom is 0.158 e. The summed E-state index contributed by atoms with van der Waals surface area (Å²) >= 11 is 0. The number of hydrogen-bond acceptors (Lipinski definition) is 5. The molecule has 1 aliphatic heterocycles. The minimum atomic E-state index is 0.181. The lowest BCUT2D eigenvalue weighted by Gasteiger charge is -2.23. The topological polar surface area (TPSA) is 64.3 Å². The van der Waals surface area contributed by atoms with Crippen LogP contribution in [0.25, 0.3) is 0 Å². The van der Waals surface area contributed by atoms with Crippen LogP contribution in [-0.4, -0.2) is 16.6 Å². The van der Waals surface area contributed by atoms with Crippen molar-refractivity contribution in [2.24, 2.45) is 0 Å². The summed E-state index contributed by atoms with van der Waals surface area (Å²) in [7, 11) is 0. The van der Waals surface area contributed by atoms with E-state index in [1.54, 1.807) is 6.07 Å². The number of rotatable bonds is 2. The monoisotopic (exact) mass is 242 g/mol. The quantitative estimate of drug-likeness (QED) is 0.871. The van der Waals surface area contributed by atoms with Crippen molar-refractivity contribution >= 4 is 11.6 Å². The van der Waals surface area contributed by atoms with E-state index in [1.807, 2.05) is 23.3 Å². The highest BCUT2D eigenvalue weighted by Crippen LogP contribution is 2.33. The zero-order valence-corrected chi connectivity index (χ0v) is 9.86. The molecule has 2 aromatic rings. The molecule has 1 saturated heterocycles. The van der Waals surface area contributed by atoms with Crippen molar-refractivity contribution in [3.05, 3.63) is 48.3 Å². The van der Waals surface area contributed by atoms with E-state index in [2.05, 4.69) is 22.1 Å². The largest absolute Gasteiger partial charge is 0.384 e. The SMILES string of the molecule is Nc1cc(N2OCCC2c2ccccc2)ncn1. The van der Waals surface area contributed by atoms with Crippen LogP contribution in [0.4, 0.5) is 11.6 Å². The van der Waals surface area contributed by atoms with Gasteiger partial charge in [-0.1, -0.05) is 30.3 Å². The molecule has 2 heterocycles. The van der Waals surface area contributed by atoms with Crippen molar-refractivity contribution in [3.63, 3.8) is 0 Å². The van der Waals surface area contributed by atoms with Crippen molar-refractivity contribution in [2.75, 3.05) is 17.4 Å². The Hall–Kier alpha value is -2.14. The third kappa shape index (κ3) is 2.00. The first-order valence-electron chi connectivity index (χ1n) is 5.89. The van der Waals surface area contributed by atoms with Gasteiger partial charge in [0.05, 0.1) is 12.6 Å². The Labute approximate surface area is 105 Å². The maximum atomic E-state index is 5.68. The Bertz CT molecular complexity index is 532. The summed E-state index contributed by atoms with van der Waals surface area (Å²) in [5.74, 6) is 1.15. The van der Waals surface area contributed by atoms with Crippen LogP contribution in [0.3, 0.4) is 0 Å². The summed E-state index contributed by atoms with van der Waals surface area (Å²) < 4.78 is 0. The lowest BCUT2D eigenvalue weighted by molar-refractivity contribution is 0.157. The fourth-order valence-electron chi connectivity index (χ4n) is 2.15. The lowest BCUT2D eigenvalue weighted by atomic mass is 10.0. The molecule has 18 heavy (non-hydrogen) atoms. The Morgan fingerprint density at radius 3 is 2.83 bits per heavy atom. The predicted molar refractivity (Wildman–Crippen MR) is 68.7 cm³/mol. The van der Waals surface area contributed by atoms with Gasteiger partial charge < -0.3 is 5.73 Å². The molecule has 1 unspecified atom stereocenters. The first kappa shape index (κ1) is 11.0. The normalized spacial score (nSPS) is 19.1. The molecule has 0 aliphatic carbocycles. The standard InChI is InChI=1S/C13H14N4O/c14-12-8-13(16-9-15-12)17-11(6-7-18-17)10-4-2-1-3-5-10/h1-5,8-9,11H,6-7H2,(H2,14,15,16). The Kier molecular flexibility index (Phi) is 2.82. The second-order valence-corrected chi connectivity index (χ2v) is 4.18. The molecule has 1 aromatic heterocycles. The maximum absolute atomic E-state index is 5.68. The van der Waals surface area contributed by atoms with Gasteiger partial charge in [-0.15, -0.1) is 0 Å². The second-order valence-electron chi connectivity index (χ2n) is 4.18. The van der Waals surface area contributed by atoms with Gasteiger partial charge in [-0.05, 0) is 5.56 Å². The fourth-order valence-corrected chi connectivity index (χ4v) is 2.15. The lowest BCUT2D eigenvalue weighted by Crippen LogP contribution is -2.22. The zero-order valence-electron chi connectivity index (χ0n) is 9.86. The molecule has 1 atom stereocenters.